The van der Waals surface area contributed by atoms with Gasteiger partial charge >= 0.3 is 6.18 Å². The topological polar surface area (TPSA) is 9.86 Å². The Kier molecular flexibility index (Phi) is 12.4. The maximum Gasteiger partial charge on any atom is 0.420 e. The minimum atomic E-state index is -5.05. The summed E-state index contributed by atoms with van der Waals surface area (Å²) in [6, 6.07) is 47.3. The zero-order valence-corrected chi connectivity index (χ0v) is 47.2. The molecule has 398 valence electrons. The van der Waals surface area contributed by atoms with Crippen molar-refractivity contribution in [2.45, 2.75) is 89.3 Å². The predicted molar refractivity (Wildman–Crippen MR) is 324 cm³/mol. The Morgan fingerprint density at radius 3 is 0.775 bits per heavy atom. The number of rotatable bonds is 7. The van der Waals surface area contributed by atoms with E-state index in [0.717, 1.165) is 145 Å². The van der Waals surface area contributed by atoms with E-state index in [-0.39, 0.29) is 16.9 Å². The van der Waals surface area contributed by atoms with Crippen LogP contribution in [0.25, 0.3) is 111 Å². The molecule has 10 aromatic carbocycles. The van der Waals surface area contributed by atoms with Crippen molar-refractivity contribution in [3.8, 4) is 67.0 Å². The molecule has 0 aliphatic rings. The van der Waals surface area contributed by atoms with Crippen LogP contribution in [0.2, 0.25) is 0 Å². The molecule has 0 saturated heterocycles. The summed E-state index contributed by atoms with van der Waals surface area (Å²) in [7, 11) is 0. The van der Waals surface area contributed by atoms with Crippen LogP contribution in [0.5, 0.6) is 0 Å². The summed E-state index contributed by atoms with van der Waals surface area (Å²) in [5.41, 5.74) is 20.0. The van der Waals surface area contributed by atoms with Crippen LogP contribution in [-0.4, -0.2) is 9.13 Å². The Morgan fingerprint density at radius 2 is 0.537 bits per heavy atom. The molecule has 0 amide bonds. The predicted octanol–water partition coefficient (Wildman–Crippen LogP) is 21.2. The molecule has 7 heteroatoms. The van der Waals surface area contributed by atoms with E-state index in [9.17, 15) is 0 Å². The molecule has 12 aromatic rings. The van der Waals surface area contributed by atoms with Crippen molar-refractivity contribution in [3.63, 3.8) is 0 Å². The highest BCUT2D eigenvalue weighted by molar-refractivity contribution is 6.13. The average Bonchev–Trinajstić information content (AvgIpc) is 4.07. The van der Waals surface area contributed by atoms with E-state index >= 15 is 22.0 Å². The Morgan fingerprint density at radius 1 is 0.287 bits per heavy atom. The molecule has 2 nitrogen and oxygen atoms in total. The number of hydrogen-bond acceptors (Lipinski definition) is 0. The molecular formula is C73H61F5N2. The lowest BCUT2D eigenvalue weighted by atomic mass is 9.92. The third-order valence-electron chi connectivity index (χ3n) is 16.5. The molecule has 12 rings (SSSR count). The molecular weight excluding hydrogens is 1000 g/mol. The Bertz CT molecular complexity index is 4020. The molecule has 2 heterocycles. The van der Waals surface area contributed by atoms with E-state index in [1.807, 2.05) is 72.8 Å². The van der Waals surface area contributed by atoms with Gasteiger partial charge in [0, 0.05) is 21.5 Å². The van der Waals surface area contributed by atoms with E-state index in [4.69, 9.17) is 0 Å². The van der Waals surface area contributed by atoms with Crippen molar-refractivity contribution in [1.82, 2.24) is 9.13 Å². The van der Waals surface area contributed by atoms with Gasteiger partial charge in [0.25, 0.3) is 0 Å². The van der Waals surface area contributed by atoms with Gasteiger partial charge in [-0.25, -0.2) is 8.78 Å². The van der Waals surface area contributed by atoms with Gasteiger partial charge in [0.2, 0.25) is 0 Å². The fourth-order valence-electron chi connectivity index (χ4n) is 13.9. The normalized spacial score (nSPS) is 12.1. The number of nitrogens with zero attached hydrogens (tertiary/aromatic N) is 2. The van der Waals surface area contributed by atoms with Gasteiger partial charge in [-0.05, 0) is 226 Å². The van der Waals surface area contributed by atoms with E-state index in [1.165, 1.54) is 18.2 Å². The highest BCUT2D eigenvalue weighted by Gasteiger charge is 2.40. The van der Waals surface area contributed by atoms with Crippen LogP contribution in [-0.2, 0) is 6.18 Å². The summed E-state index contributed by atoms with van der Waals surface area (Å²) in [6.07, 6.45) is -5.05. The Hall–Kier alpha value is -8.55. The van der Waals surface area contributed by atoms with Gasteiger partial charge in [0.15, 0.2) is 0 Å². The van der Waals surface area contributed by atoms with Gasteiger partial charge in [-0.15, -0.1) is 0 Å². The first-order chi connectivity index (χ1) is 38.1. The summed E-state index contributed by atoms with van der Waals surface area (Å²) in [5.74, 6) is -1.79. The molecule has 80 heavy (non-hydrogen) atoms. The first-order valence-corrected chi connectivity index (χ1v) is 27.3. The SMILES string of the molecule is Cc1cc(C)c(-c2ccc3c4ccc(-c5c(C)cc(C)cc5C)cc4n(-c4cc(-c5c(F)cccc5F)cc(-n5c6cc(-c7c(C)cc(C)cc7C)ccc6c6ccc(-c7c(C)cc(C)cc7C)cc65)c4C(F)(F)F)c3c2)c(C)c1. The van der Waals surface area contributed by atoms with Crippen molar-refractivity contribution in [3.05, 3.63) is 236 Å². The number of alkyl halides is 3. The number of benzene rings is 10. The van der Waals surface area contributed by atoms with Gasteiger partial charge in [0.05, 0.1) is 39.0 Å². The molecule has 0 bridgehead atoms. The van der Waals surface area contributed by atoms with E-state index < -0.39 is 28.9 Å². The van der Waals surface area contributed by atoms with Gasteiger partial charge in [-0.2, -0.15) is 13.2 Å². The number of hydrogen-bond donors (Lipinski definition) is 0. The van der Waals surface area contributed by atoms with Crippen LogP contribution in [0.3, 0.4) is 0 Å². The van der Waals surface area contributed by atoms with Gasteiger partial charge < -0.3 is 9.13 Å². The zero-order valence-electron chi connectivity index (χ0n) is 47.2. The molecule has 0 N–H and O–H groups in total. The molecule has 0 radical (unpaired) electrons. The van der Waals surface area contributed by atoms with Crippen molar-refractivity contribution < 1.29 is 22.0 Å². The summed E-state index contributed by atoms with van der Waals surface area (Å²) in [5, 5.41) is 2.91. The second-order valence-corrected chi connectivity index (χ2v) is 22.7. The van der Waals surface area contributed by atoms with E-state index in [1.54, 1.807) is 9.13 Å². The standard InChI is InChI=1S/C73H61F5N2/c1-38-24-42(5)67(43(6)25-38)50-16-20-55-56-21-17-51(68-44(7)26-39(2)27-45(68)8)33-62(56)79(61(55)32-50)65-36-54(71-59(74)14-13-15-60(71)75)37-66(72(65)73(76,77)78)80-63-34-52(69-46(9)28-40(3)29-47(69)10)18-22-57(63)58-23-19-53(35-64(58)80)70-48(11)30-41(4)31-49(70)12/h13-37H,1-12H3. The Balaban J connectivity index is 1.29. The average molecular weight is 1060 g/mol. The van der Waals surface area contributed by atoms with Crippen LogP contribution in [0.4, 0.5) is 22.0 Å². The monoisotopic (exact) mass is 1060 g/mol. The van der Waals surface area contributed by atoms with Crippen molar-refractivity contribution in [1.29, 1.82) is 0 Å². The van der Waals surface area contributed by atoms with Gasteiger partial charge in [0.1, 0.15) is 17.2 Å². The summed E-state index contributed by atoms with van der Waals surface area (Å²) in [6.45, 7) is 24.6. The maximum atomic E-state index is 17.6. The zero-order chi connectivity index (χ0) is 56.5. The van der Waals surface area contributed by atoms with Crippen molar-refractivity contribution in [2.75, 3.05) is 0 Å². The van der Waals surface area contributed by atoms with Gasteiger partial charge in [-0.1, -0.05) is 125 Å². The van der Waals surface area contributed by atoms with Crippen LogP contribution in [0, 0.1) is 94.7 Å². The van der Waals surface area contributed by atoms with Crippen LogP contribution >= 0.6 is 0 Å². The minimum absolute atomic E-state index is 0.0471. The minimum Gasteiger partial charge on any atom is -0.308 e. The third kappa shape index (κ3) is 8.52. The number of aromatic nitrogens is 2. The van der Waals surface area contributed by atoms with Crippen LogP contribution in [0.1, 0.15) is 72.3 Å². The molecule has 2 aromatic heterocycles. The van der Waals surface area contributed by atoms with Crippen molar-refractivity contribution in [2.24, 2.45) is 0 Å². The lowest BCUT2D eigenvalue weighted by Crippen LogP contribution is -2.16. The lowest BCUT2D eigenvalue weighted by molar-refractivity contribution is -0.137. The lowest BCUT2D eigenvalue weighted by Gasteiger charge is -2.24. The Labute approximate surface area is 464 Å². The maximum absolute atomic E-state index is 17.6. The van der Waals surface area contributed by atoms with Crippen LogP contribution in [0.15, 0.2) is 152 Å². The van der Waals surface area contributed by atoms with Crippen molar-refractivity contribution >= 4 is 43.6 Å². The van der Waals surface area contributed by atoms with Gasteiger partial charge in [-0.3, -0.25) is 0 Å². The fraction of sp³-hybridized carbons (Fsp3) is 0.178. The molecule has 0 fully saturated rings. The first kappa shape index (κ1) is 52.2. The number of halogens is 5. The number of fused-ring (bicyclic) bond motifs is 6. The molecule has 0 spiro atoms. The number of aryl methyl sites for hydroxylation is 12. The third-order valence-corrected chi connectivity index (χ3v) is 16.5. The summed E-state index contributed by atoms with van der Waals surface area (Å²) >= 11 is 0. The smallest absolute Gasteiger partial charge is 0.308 e. The molecule has 0 aliphatic carbocycles. The summed E-state index contributed by atoms with van der Waals surface area (Å²) < 4.78 is 89.6. The van der Waals surface area contributed by atoms with Crippen LogP contribution < -0.4 is 0 Å². The fourth-order valence-corrected chi connectivity index (χ4v) is 13.9. The highest BCUT2D eigenvalue weighted by atomic mass is 19.4. The molecule has 0 saturated carbocycles. The summed E-state index contributed by atoms with van der Waals surface area (Å²) in [4.78, 5) is 0. The quantitative estimate of drug-likeness (QED) is 0.141. The second kappa shape index (κ2) is 19.1. The second-order valence-electron chi connectivity index (χ2n) is 22.7. The van der Waals surface area contributed by atoms with E-state index in [0.29, 0.717) is 22.1 Å². The van der Waals surface area contributed by atoms with E-state index in [2.05, 4.69) is 132 Å². The molecule has 0 aliphatic heterocycles. The first-order valence-electron chi connectivity index (χ1n) is 27.3. The molecule has 0 unspecified atom stereocenters. The highest BCUT2D eigenvalue weighted by Crippen LogP contribution is 2.49. The molecule has 0 atom stereocenters. The largest absolute Gasteiger partial charge is 0.420 e.